The van der Waals surface area contributed by atoms with Gasteiger partial charge in [0.25, 0.3) is 0 Å². The summed E-state index contributed by atoms with van der Waals surface area (Å²) in [5.41, 5.74) is 2.47. The Morgan fingerprint density at radius 2 is 2.26 bits per heavy atom. The second-order valence-electron chi connectivity index (χ2n) is 6.05. The van der Waals surface area contributed by atoms with Gasteiger partial charge in [0.05, 0.1) is 7.11 Å². The molecule has 1 aromatic heterocycles. The van der Waals surface area contributed by atoms with Gasteiger partial charge in [-0.25, -0.2) is 0 Å². The third-order valence-corrected chi connectivity index (χ3v) is 4.36. The van der Waals surface area contributed by atoms with Crippen molar-refractivity contribution < 1.29 is 4.74 Å². The van der Waals surface area contributed by atoms with Crippen LogP contribution in [-0.4, -0.2) is 36.4 Å². The Kier molecular flexibility index (Phi) is 5.08. The number of nitrogens with one attached hydrogen (secondary N) is 1. The number of aromatic nitrogens is 2. The molecule has 2 aromatic rings. The van der Waals surface area contributed by atoms with Crippen LogP contribution in [0.4, 0.5) is 5.82 Å². The molecule has 1 fully saturated rings. The van der Waals surface area contributed by atoms with Gasteiger partial charge in [-0.05, 0) is 49.1 Å². The van der Waals surface area contributed by atoms with E-state index in [1.807, 2.05) is 18.2 Å². The third kappa shape index (κ3) is 3.99. The quantitative estimate of drug-likeness (QED) is 0.919. The average Bonchev–Trinajstić information content (AvgIpc) is 2.61. The van der Waals surface area contributed by atoms with Crippen molar-refractivity contribution in [2.24, 2.45) is 0 Å². The van der Waals surface area contributed by atoms with Crippen molar-refractivity contribution in [1.82, 2.24) is 15.5 Å². The highest BCUT2D eigenvalue weighted by atomic mass is 16.5. The molecule has 1 N–H and O–H groups in total. The van der Waals surface area contributed by atoms with E-state index in [4.69, 9.17) is 4.74 Å². The van der Waals surface area contributed by atoms with E-state index in [1.54, 1.807) is 13.3 Å². The van der Waals surface area contributed by atoms with Gasteiger partial charge in [-0.15, -0.1) is 5.10 Å². The molecule has 1 saturated heterocycles. The van der Waals surface area contributed by atoms with Crippen molar-refractivity contribution >= 4 is 5.82 Å². The van der Waals surface area contributed by atoms with Gasteiger partial charge in [-0.3, -0.25) is 0 Å². The smallest absolute Gasteiger partial charge is 0.151 e. The highest BCUT2D eigenvalue weighted by molar-refractivity contribution is 5.38. The van der Waals surface area contributed by atoms with E-state index in [1.165, 1.54) is 24.0 Å². The monoisotopic (exact) mass is 312 g/mol. The summed E-state index contributed by atoms with van der Waals surface area (Å²) in [4.78, 5) is 2.31. The van der Waals surface area contributed by atoms with Crippen LogP contribution in [-0.2, 0) is 6.54 Å². The molecular weight excluding hydrogens is 288 g/mol. The Bertz CT molecular complexity index is 632. The predicted octanol–water partition coefficient (Wildman–Crippen LogP) is 2.55. The molecule has 0 aliphatic carbocycles. The van der Waals surface area contributed by atoms with Gasteiger partial charge < -0.3 is 15.0 Å². The van der Waals surface area contributed by atoms with Crippen molar-refractivity contribution in [3.63, 3.8) is 0 Å². The number of aryl methyl sites for hydroxylation is 1. The largest absolute Gasteiger partial charge is 0.496 e. The maximum Gasteiger partial charge on any atom is 0.151 e. The first kappa shape index (κ1) is 15.7. The maximum absolute atomic E-state index is 5.32. The second kappa shape index (κ2) is 7.42. The molecule has 1 atom stereocenters. The lowest BCUT2D eigenvalue weighted by Gasteiger charge is -2.33. The number of methoxy groups -OCH3 is 1. The molecule has 5 heteroatoms. The van der Waals surface area contributed by atoms with Gasteiger partial charge in [0, 0.05) is 31.9 Å². The van der Waals surface area contributed by atoms with Gasteiger partial charge in [0.15, 0.2) is 5.82 Å². The van der Waals surface area contributed by atoms with Gasteiger partial charge in [-0.2, -0.15) is 5.10 Å². The lowest BCUT2D eigenvalue weighted by Crippen LogP contribution is -2.45. The van der Waals surface area contributed by atoms with Crippen molar-refractivity contribution in [2.75, 3.05) is 25.1 Å². The number of anilines is 1. The molecule has 0 saturated carbocycles. The average molecular weight is 312 g/mol. The van der Waals surface area contributed by atoms with E-state index in [0.29, 0.717) is 6.04 Å². The van der Waals surface area contributed by atoms with Crippen LogP contribution in [0.25, 0.3) is 0 Å². The molecular formula is C18H24N4O. The van der Waals surface area contributed by atoms with E-state index in [9.17, 15) is 0 Å². The molecule has 0 bridgehead atoms. The fourth-order valence-electron chi connectivity index (χ4n) is 3.13. The number of hydrogen-bond donors (Lipinski definition) is 1. The summed E-state index contributed by atoms with van der Waals surface area (Å²) >= 11 is 0. The lowest BCUT2D eigenvalue weighted by atomic mass is 10.0. The zero-order chi connectivity index (χ0) is 16.1. The lowest BCUT2D eigenvalue weighted by molar-refractivity contribution is 0.410. The van der Waals surface area contributed by atoms with Gasteiger partial charge >= 0.3 is 0 Å². The Balaban J connectivity index is 1.57. The predicted molar refractivity (Wildman–Crippen MR) is 91.8 cm³/mol. The second-order valence-corrected chi connectivity index (χ2v) is 6.05. The van der Waals surface area contributed by atoms with E-state index in [0.717, 1.165) is 31.2 Å². The van der Waals surface area contributed by atoms with Gasteiger partial charge in [-0.1, -0.05) is 12.1 Å². The summed E-state index contributed by atoms with van der Waals surface area (Å²) in [5, 5.41) is 11.9. The highest BCUT2D eigenvalue weighted by Crippen LogP contribution is 2.20. The topological polar surface area (TPSA) is 50.3 Å². The summed E-state index contributed by atoms with van der Waals surface area (Å²) in [6.07, 6.45) is 4.09. The number of benzene rings is 1. The van der Waals surface area contributed by atoms with E-state index in [2.05, 4.69) is 39.5 Å². The number of hydrogen-bond acceptors (Lipinski definition) is 5. The first-order valence-corrected chi connectivity index (χ1v) is 8.16. The van der Waals surface area contributed by atoms with Crippen molar-refractivity contribution in [2.45, 2.75) is 32.4 Å². The van der Waals surface area contributed by atoms with Crippen LogP contribution in [0, 0.1) is 6.92 Å². The first-order valence-electron chi connectivity index (χ1n) is 8.16. The third-order valence-electron chi connectivity index (χ3n) is 4.36. The summed E-state index contributed by atoms with van der Waals surface area (Å²) in [5.74, 6) is 1.92. The molecule has 1 unspecified atom stereocenters. The van der Waals surface area contributed by atoms with E-state index in [-0.39, 0.29) is 0 Å². The minimum Gasteiger partial charge on any atom is -0.496 e. The fraction of sp³-hybridized carbons (Fsp3) is 0.444. The van der Waals surface area contributed by atoms with Crippen LogP contribution >= 0.6 is 0 Å². The Morgan fingerprint density at radius 1 is 1.35 bits per heavy atom. The van der Waals surface area contributed by atoms with Crippen LogP contribution in [0.3, 0.4) is 0 Å². The van der Waals surface area contributed by atoms with E-state index >= 15 is 0 Å². The van der Waals surface area contributed by atoms with Crippen molar-refractivity contribution in [3.05, 3.63) is 47.7 Å². The molecule has 1 aliphatic heterocycles. The normalized spacial score (nSPS) is 18.0. The van der Waals surface area contributed by atoms with Crippen molar-refractivity contribution in [1.29, 1.82) is 0 Å². The fourth-order valence-corrected chi connectivity index (χ4v) is 3.13. The van der Waals surface area contributed by atoms with Crippen LogP contribution in [0.15, 0.2) is 36.5 Å². The highest BCUT2D eigenvalue weighted by Gasteiger charge is 2.20. The number of piperidine rings is 1. The molecule has 0 amide bonds. The van der Waals surface area contributed by atoms with Gasteiger partial charge in [0.1, 0.15) is 5.75 Å². The molecule has 23 heavy (non-hydrogen) atoms. The summed E-state index contributed by atoms with van der Waals surface area (Å²) in [6, 6.07) is 10.8. The summed E-state index contributed by atoms with van der Waals surface area (Å²) in [7, 11) is 1.71. The molecule has 2 heterocycles. The summed E-state index contributed by atoms with van der Waals surface area (Å²) < 4.78 is 5.32. The summed E-state index contributed by atoms with van der Waals surface area (Å²) in [6.45, 7) is 4.99. The molecule has 0 radical (unpaired) electrons. The minimum absolute atomic E-state index is 0.480. The molecule has 1 aliphatic rings. The Hall–Kier alpha value is -2.14. The maximum atomic E-state index is 5.32. The van der Waals surface area contributed by atoms with Crippen LogP contribution in [0.2, 0.25) is 0 Å². The SMILES string of the molecule is COc1ccc(CNC2CCCN(c3cccnn3)C2)cc1C. The minimum atomic E-state index is 0.480. The van der Waals surface area contributed by atoms with Crippen LogP contribution in [0.5, 0.6) is 5.75 Å². The molecule has 1 aromatic carbocycles. The Morgan fingerprint density at radius 3 is 3.00 bits per heavy atom. The standard InChI is InChI=1S/C18H24N4O/c1-14-11-15(7-8-17(14)23-2)12-19-16-5-4-10-22(13-16)18-6-3-9-20-21-18/h3,6-9,11,16,19H,4-5,10,12-13H2,1-2H3. The number of nitrogens with zero attached hydrogens (tertiary/aromatic N) is 3. The number of ether oxygens (including phenoxy) is 1. The zero-order valence-corrected chi connectivity index (χ0v) is 13.8. The zero-order valence-electron chi connectivity index (χ0n) is 13.8. The molecule has 122 valence electrons. The Labute approximate surface area is 137 Å². The first-order chi connectivity index (χ1) is 11.3. The van der Waals surface area contributed by atoms with Gasteiger partial charge in [0.2, 0.25) is 0 Å². The van der Waals surface area contributed by atoms with Crippen LogP contribution < -0.4 is 15.0 Å². The molecule has 3 rings (SSSR count). The molecule has 0 spiro atoms. The van der Waals surface area contributed by atoms with Crippen LogP contribution in [0.1, 0.15) is 24.0 Å². The van der Waals surface area contributed by atoms with E-state index < -0.39 is 0 Å². The number of rotatable bonds is 5. The van der Waals surface area contributed by atoms with Crippen molar-refractivity contribution in [3.8, 4) is 5.75 Å². The molecule has 5 nitrogen and oxygen atoms in total.